The minimum Gasteiger partial charge on any atom is -0.228 e. The first-order valence-corrected chi connectivity index (χ1v) is 9.73. The number of nitrogens with two attached hydrogens (primary N) is 1. The molecule has 2 N–H and O–H groups in total. The molecule has 0 bridgehead atoms. The highest BCUT2D eigenvalue weighted by Crippen LogP contribution is 2.31. The second kappa shape index (κ2) is 6.47. The van der Waals surface area contributed by atoms with Crippen LogP contribution in [0.25, 0.3) is 28.0 Å². The lowest BCUT2D eigenvalue weighted by Crippen LogP contribution is -2.11. The number of nitrogens with zero attached hydrogens (tertiary/aromatic N) is 3. The average molecular weight is 400 g/mol. The molecule has 0 saturated carbocycles. The maximum absolute atomic E-state index is 14.3. The maximum atomic E-state index is 14.3. The van der Waals surface area contributed by atoms with Crippen LogP contribution in [-0.4, -0.2) is 23.0 Å². The van der Waals surface area contributed by atoms with Crippen molar-refractivity contribution in [3.05, 3.63) is 72.1 Å². The van der Waals surface area contributed by atoms with Crippen molar-refractivity contribution in [1.82, 2.24) is 14.6 Å². The van der Waals surface area contributed by atoms with Crippen LogP contribution in [-0.2, 0) is 10.0 Å². The number of sulfonamides is 1. The average Bonchev–Trinajstić information content (AvgIpc) is 2.96. The van der Waals surface area contributed by atoms with Gasteiger partial charge in [0, 0.05) is 23.4 Å². The molecule has 0 saturated heterocycles. The molecule has 0 fully saturated rings. The fraction of sp³-hybridized carbons (Fsp3) is 0.0526. The van der Waals surface area contributed by atoms with E-state index in [4.69, 9.17) is 5.14 Å². The Balaban J connectivity index is 1.87. The summed E-state index contributed by atoms with van der Waals surface area (Å²) in [5.41, 5.74) is 2.79. The summed E-state index contributed by atoms with van der Waals surface area (Å²) in [6, 6.07) is 11.0. The molecule has 0 aliphatic heterocycles. The van der Waals surface area contributed by atoms with Crippen LogP contribution in [0.4, 0.5) is 8.78 Å². The van der Waals surface area contributed by atoms with Gasteiger partial charge in [-0.05, 0) is 37.3 Å². The second-order valence-corrected chi connectivity index (χ2v) is 7.80. The minimum atomic E-state index is -3.79. The van der Waals surface area contributed by atoms with Crippen molar-refractivity contribution < 1.29 is 17.2 Å². The van der Waals surface area contributed by atoms with Crippen LogP contribution in [0.15, 0.2) is 59.6 Å². The van der Waals surface area contributed by atoms with Gasteiger partial charge >= 0.3 is 0 Å². The molecule has 0 amide bonds. The first-order chi connectivity index (χ1) is 13.2. The summed E-state index contributed by atoms with van der Waals surface area (Å²) in [6.45, 7) is 1.72. The van der Waals surface area contributed by atoms with Gasteiger partial charge in [-0.3, -0.25) is 0 Å². The van der Waals surface area contributed by atoms with Gasteiger partial charge in [0.2, 0.25) is 10.0 Å². The van der Waals surface area contributed by atoms with Gasteiger partial charge in [-0.15, -0.1) is 0 Å². The standard InChI is InChI=1S/C19H14F2N4O2S/c1-11-18(15-7-4-13(20)10-16(15)21)19-23-17(8-9-25(19)24-11)12-2-5-14(6-3-12)28(22,26)27/h2-10H,1H3,(H2,22,26,27). The molecule has 0 atom stereocenters. The number of aromatic nitrogens is 3. The molecule has 2 aromatic heterocycles. The zero-order valence-corrected chi connectivity index (χ0v) is 15.4. The summed E-state index contributed by atoms with van der Waals surface area (Å²) in [6.07, 6.45) is 1.67. The normalized spacial score (nSPS) is 11.9. The number of hydrogen-bond donors (Lipinski definition) is 1. The van der Waals surface area contributed by atoms with Gasteiger partial charge in [0.1, 0.15) is 11.6 Å². The van der Waals surface area contributed by atoms with E-state index in [9.17, 15) is 17.2 Å². The number of primary sulfonamides is 1. The minimum absolute atomic E-state index is 0.00778. The molecule has 0 spiro atoms. The van der Waals surface area contributed by atoms with E-state index in [-0.39, 0.29) is 10.5 Å². The second-order valence-electron chi connectivity index (χ2n) is 6.23. The number of benzene rings is 2. The van der Waals surface area contributed by atoms with Crippen molar-refractivity contribution in [2.45, 2.75) is 11.8 Å². The summed E-state index contributed by atoms with van der Waals surface area (Å²) in [4.78, 5) is 4.55. The third kappa shape index (κ3) is 3.14. The molecule has 2 heterocycles. The molecule has 4 rings (SSSR count). The Hall–Kier alpha value is -3.17. The Morgan fingerprint density at radius 1 is 1.04 bits per heavy atom. The van der Waals surface area contributed by atoms with E-state index in [0.29, 0.717) is 28.2 Å². The van der Waals surface area contributed by atoms with E-state index in [1.165, 1.54) is 28.8 Å². The lowest BCUT2D eigenvalue weighted by molar-refractivity contribution is 0.585. The summed E-state index contributed by atoms with van der Waals surface area (Å²) in [5.74, 6) is -1.37. The SMILES string of the molecule is Cc1nn2ccc(-c3ccc(S(N)(=O)=O)cc3)nc2c1-c1ccc(F)cc1F. The molecule has 142 valence electrons. The Morgan fingerprint density at radius 3 is 2.39 bits per heavy atom. The number of aryl methyl sites for hydroxylation is 1. The van der Waals surface area contributed by atoms with E-state index in [2.05, 4.69) is 10.1 Å². The van der Waals surface area contributed by atoms with Crippen molar-refractivity contribution in [1.29, 1.82) is 0 Å². The summed E-state index contributed by atoms with van der Waals surface area (Å²) < 4.78 is 51.9. The summed E-state index contributed by atoms with van der Waals surface area (Å²) >= 11 is 0. The summed E-state index contributed by atoms with van der Waals surface area (Å²) in [7, 11) is -3.79. The van der Waals surface area contributed by atoms with Gasteiger partial charge in [0.25, 0.3) is 0 Å². The van der Waals surface area contributed by atoms with Gasteiger partial charge < -0.3 is 0 Å². The van der Waals surface area contributed by atoms with Crippen molar-refractivity contribution >= 4 is 15.7 Å². The number of rotatable bonds is 3. The van der Waals surface area contributed by atoms with Crippen LogP contribution in [0.5, 0.6) is 0 Å². The van der Waals surface area contributed by atoms with Crippen LogP contribution < -0.4 is 5.14 Å². The number of hydrogen-bond acceptors (Lipinski definition) is 4. The predicted molar refractivity (Wildman–Crippen MR) is 99.9 cm³/mol. The first kappa shape index (κ1) is 18.2. The number of fused-ring (bicyclic) bond motifs is 1. The van der Waals surface area contributed by atoms with Crippen molar-refractivity contribution in [2.24, 2.45) is 5.14 Å². The molecule has 0 aliphatic rings. The van der Waals surface area contributed by atoms with Crippen molar-refractivity contribution in [2.75, 3.05) is 0 Å². The molecular formula is C19H14F2N4O2S. The van der Waals surface area contributed by atoms with Crippen LogP contribution in [0.1, 0.15) is 5.69 Å². The highest BCUT2D eigenvalue weighted by atomic mass is 32.2. The molecule has 0 radical (unpaired) electrons. The van der Waals surface area contributed by atoms with Crippen molar-refractivity contribution in [3.63, 3.8) is 0 Å². The van der Waals surface area contributed by atoms with E-state index >= 15 is 0 Å². The Kier molecular flexibility index (Phi) is 4.20. The molecule has 4 aromatic rings. The molecule has 6 nitrogen and oxygen atoms in total. The van der Waals surface area contributed by atoms with Gasteiger partial charge in [-0.25, -0.2) is 31.8 Å². The lowest BCUT2D eigenvalue weighted by atomic mass is 10.1. The topological polar surface area (TPSA) is 90.4 Å². The Labute approximate surface area is 159 Å². The third-order valence-corrected chi connectivity index (χ3v) is 5.27. The van der Waals surface area contributed by atoms with E-state index in [0.717, 1.165) is 6.07 Å². The van der Waals surface area contributed by atoms with E-state index in [1.807, 2.05) is 0 Å². The van der Waals surface area contributed by atoms with Gasteiger partial charge in [0.15, 0.2) is 5.65 Å². The lowest BCUT2D eigenvalue weighted by Gasteiger charge is -2.06. The summed E-state index contributed by atoms with van der Waals surface area (Å²) in [5, 5.41) is 9.45. The smallest absolute Gasteiger partial charge is 0.228 e. The molecule has 9 heteroatoms. The molecule has 28 heavy (non-hydrogen) atoms. The van der Waals surface area contributed by atoms with Crippen LogP contribution in [0.3, 0.4) is 0 Å². The monoisotopic (exact) mass is 400 g/mol. The van der Waals surface area contributed by atoms with Gasteiger partial charge in [0.05, 0.1) is 21.8 Å². The zero-order chi connectivity index (χ0) is 20.1. The highest BCUT2D eigenvalue weighted by molar-refractivity contribution is 7.89. The fourth-order valence-corrected chi connectivity index (χ4v) is 3.54. The largest absolute Gasteiger partial charge is 0.238 e. The fourth-order valence-electron chi connectivity index (χ4n) is 3.02. The van der Waals surface area contributed by atoms with Crippen molar-refractivity contribution in [3.8, 4) is 22.4 Å². The number of halogens is 2. The quantitative estimate of drug-likeness (QED) is 0.571. The van der Waals surface area contributed by atoms with Crippen LogP contribution >= 0.6 is 0 Å². The Morgan fingerprint density at radius 2 is 1.75 bits per heavy atom. The maximum Gasteiger partial charge on any atom is 0.238 e. The first-order valence-electron chi connectivity index (χ1n) is 8.19. The van der Waals surface area contributed by atoms with Gasteiger partial charge in [-0.1, -0.05) is 12.1 Å². The van der Waals surface area contributed by atoms with Crippen LogP contribution in [0, 0.1) is 18.6 Å². The highest BCUT2D eigenvalue weighted by Gasteiger charge is 2.18. The Bertz CT molecular complexity index is 1320. The zero-order valence-electron chi connectivity index (χ0n) is 14.6. The third-order valence-electron chi connectivity index (χ3n) is 4.34. The van der Waals surface area contributed by atoms with E-state index < -0.39 is 21.7 Å². The molecule has 0 aliphatic carbocycles. The van der Waals surface area contributed by atoms with Crippen LogP contribution in [0.2, 0.25) is 0 Å². The molecule has 0 unspecified atom stereocenters. The molecule has 2 aromatic carbocycles. The predicted octanol–water partition coefficient (Wildman–Crippen LogP) is 3.30. The van der Waals surface area contributed by atoms with E-state index in [1.54, 1.807) is 31.3 Å². The molecular weight excluding hydrogens is 386 g/mol. The van der Waals surface area contributed by atoms with Gasteiger partial charge in [-0.2, -0.15) is 5.10 Å².